The minimum atomic E-state index is -1.30. The molecule has 2 aromatic carbocycles. The highest BCUT2D eigenvalue weighted by Crippen LogP contribution is 2.44. The van der Waals surface area contributed by atoms with Gasteiger partial charge in [0.15, 0.2) is 5.54 Å². The highest BCUT2D eigenvalue weighted by molar-refractivity contribution is 5.87. The SMILES string of the molecule is O=C(CCCCCNC(=O)OCC1c2ccccc2-c2ccccc21)NC1(C(=O)O)CCOC1. The molecule has 8 nitrogen and oxygen atoms in total. The first-order valence-corrected chi connectivity index (χ1v) is 11.7. The Morgan fingerprint density at radius 2 is 1.68 bits per heavy atom. The summed E-state index contributed by atoms with van der Waals surface area (Å²) in [5, 5.41) is 14.7. The Labute approximate surface area is 198 Å². The van der Waals surface area contributed by atoms with Crippen LogP contribution in [0.15, 0.2) is 48.5 Å². The second-order valence-electron chi connectivity index (χ2n) is 8.80. The van der Waals surface area contributed by atoms with Crippen LogP contribution in [0.25, 0.3) is 11.1 Å². The average Bonchev–Trinajstić information content (AvgIpc) is 3.44. The van der Waals surface area contributed by atoms with Crippen LogP contribution in [0.4, 0.5) is 4.79 Å². The third kappa shape index (κ3) is 5.22. The van der Waals surface area contributed by atoms with E-state index in [2.05, 4.69) is 34.9 Å². The smallest absolute Gasteiger partial charge is 0.407 e. The number of hydrogen-bond donors (Lipinski definition) is 3. The molecule has 180 valence electrons. The summed E-state index contributed by atoms with van der Waals surface area (Å²) >= 11 is 0. The van der Waals surface area contributed by atoms with Gasteiger partial charge in [-0.2, -0.15) is 0 Å². The third-order valence-corrected chi connectivity index (χ3v) is 6.50. The minimum absolute atomic E-state index is 0.00185. The van der Waals surface area contributed by atoms with Gasteiger partial charge in [-0.15, -0.1) is 0 Å². The molecule has 2 amide bonds. The van der Waals surface area contributed by atoms with Crippen molar-refractivity contribution in [2.45, 2.75) is 43.6 Å². The number of aliphatic carboxylic acids is 1. The van der Waals surface area contributed by atoms with E-state index in [9.17, 15) is 19.5 Å². The summed E-state index contributed by atoms with van der Waals surface area (Å²) in [5.41, 5.74) is 3.41. The maximum atomic E-state index is 12.2. The predicted octanol–water partition coefficient (Wildman–Crippen LogP) is 3.45. The zero-order valence-electron chi connectivity index (χ0n) is 19.0. The van der Waals surface area contributed by atoms with Gasteiger partial charge in [0.25, 0.3) is 0 Å². The number of amides is 2. The molecule has 1 aliphatic carbocycles. The zero-order valence-corrected chi connectivity index (χ0v) is 19.0. The summed E-state index contributed by atoms with van der Waals surface area (Å²) in [6, 6.07) is 16.4. The van der Waals surface area contributed by atoms with Gasteiger partial charge in [-0.25, -0.2) is 9.59 Å². The molecule has 1 fully saturated rings. The normalized spacial score (nSPS) is 18.7. The summed E-state index contributed by atoms with van der Waals surface area (Å²) < 4.78 is 10.7. The van der Waals surface area contributed by atoms with E-state index < -0.39 is 17.6 Å². The standard InChI is InChI=1S/C26H30N2O6/c29-23(28-26(24(30)31)13-15-33-17-26)12-2-1-7-14-27-25(32)34-16-22-20-10-5-3-8-18(20)19-9-4-6-11-21(19)22/h3-6,8-11,22H,1-2,7,12-17H2,(H,27,32)(H,28,29)(H,30,31). The molecule has 0 bridgehead atoms. The van der Waals surface area contributed by atoms with Crippen LogP contribution in [0.5, 0.6) is 0 Å². The van der Waals surface area contributed by atoms with Crippen molar-refractivity contribution in [2.75, 3.05) is 26.4 Å². The van der Waals surface area contributed by atoms with Gasteiger partial charge >= 0.3 is 12.1 Å². The van der Waals surface area contributed by atoms with Crippen molar-refractivity contribution in [3.05, 3.63) is 59.7 Å². The van der Waals surface area contributed by atoms with Crippen LogP contribution in [0.3, 0.4) is 0 Å². The molecule has 0 aromatic heterocycles. The Hall–Kier alpha value is -3.39. The summed E-state index contributed by atoms with van der Waals surface area (Å²) in [6.07, 6.45) is 2.09. The van der Waals surface area contributed by atoms with E-state index in [1.165, 1.54) is 22.3 Å². The molecule has 2 aromatic rings. The van der Waals surface area contributed by atoms with Gasteiger partial charge < -0.3 is 25.2 Å². The Morgan fingerprint density at radius 1 is 1.00 bits per heavy atom. The van der Waals surface area contributed by atoms with Gasteiger partial charge in [0, 0.05) is 31.9 Å². The number of hydrogen-bond acceptors (Lipinski definition) is 5. The monoisotopic (exact) mass is 466 g/mol. The molecule has 0 spiro atoms. The first kappa shape index (κ1) is 23.8. The number of carboxylic acid groups (broad SMARTS) is 1. The third-order valence-electron chi connectivity index (χ3n) is 6.50. The van der Waals surface area contributed by atoms with Crippen LogP contribution in [-0.2, 0) is 19.1 Å². The van der Waals surface area contributed by atoms with Gasteiger partial charge in [0.05, 0.1) is 6.61 Å². The van der Waals surface area contributed by atoms with Crippen molar-refractivity contribution in [1.82, 2.24) is 10.6 Å². The van der Waals surface area contributed by atoms with Crippen LogP contribution in [0, 0.1) is 0 Å². The fourth-order valence-corrected chi connectivity index (χ4v) is 4.64. The fourth-order valence-electron chi connectivity index (χ4n) is 4.64. The second kappa shape index (κ2) is 10.7. The maximum Gasteiger partial charge on any atom is 0.407 e. The average molecular weight is 467 g/mol. The molecule has 1 unspecified atom stereocenters. The van der Waals surface area contributed by atoms with Crippen molar-refractivity contribution in [3.63, 3.8) is 0 Å². The molecule has 1 aliphatic heterocycles. The van der Waals surface area contributed by atoms with Gasteiger partial charge in [-0.3, -0.25) is 4.79 Å². The van der Waals surface area contributed by atoms with E-state index in [4.69, 9.17) is 9.47 Å². The Balaban J connectivity index is 1.14. The van der Waals surface area contributed by atoms with E-state index in [0.717, 1.165) is 6.42 Å². The van der Waals surface area contributed by atoms with Gasteiger partial charge in [0.2, 0.25) is 5.91 Å². The number of carbonyl (C=O) groups excluding carboxylic acids is 2. The number of unbranched alkanes of at least 4 members (excludes halogenated alkanes) is 2. The predicted molar refractivity (Wildman–Crippen MR) is 125 cm³/mol. The zero-order chi connectivity index (χ0) is 24.0. The summed E-state index contributed by atoms with van der Waals surface area (Å²) in [6.45, 7) is 1.05. The van der Waals surface area contributed by atoms with E-state index >= 15 is 0 Å². The number of ether oxygens (including phenoxy) is 2. The van der Waals surface area contributed by atoms with E-state index in [-0.39, 0.29) is 37.9 Å². The highest BCUT2D eigenvalue weighted by atomic mass is 16.5. The Kier molecular flexibility index (Phi) is 7.47. The molecule has 0 saturated carbocycles. The highest BCUT2D eigenvalue weighted by Gasteiger charge is 2.43. The van der Waals surface area contributed by atoms with Crippen molar-refractivity contribution in [2.24, 2.45) is 0 Å². The summed E-state index contributed by atoms with van der Waals surface area (Å²) in [4.78, 5) is 35.8. The lowest BCUT2D eigenvalue weighted by Crippen LogP contribution is -2.55. The molecule has 1 saturated heterocycles. The molecule has 4 rings (SSSR count). The Bertz CT molecular complexity index is 1000. The van der Waals surface area contributed by atoms with E-state index in [0.29, 0.717) is 26.0 Å². The summed E-state index contributed by atoms with van der Waals surface area (Å²) in [5.74, 6) is -1.33. The minimum Gasteiger partial charge on any atom is -0.479 e. The molecule has 2 aliphatic rings. The van der Waals surface area contributed by atoms with E-state index in [1.807, 2.05) is 24.3 Å². The van der Waals surface area contributed by atoms with Crippen LogP contribution in [0.1, 0.15) is 49.1 Å². The van der Waals surface area contributed by atoms with E-state index in [1.54, 1.807) is 0 Å². The topological polar surface area (TPSA) is 114 Å². The number of alkyl carbamates (subject to hydrolysis) is 1. The molecule has 1 atom stereocenters. The lowest BCUT2D eigenvalue weighted by Gasteiger charge is -2.23. The second-order valence-corrected chi connectivity index (χ2v) is 8.80. The van der Waals surface area contributed by atoms with Crippen molar-refractivity contribution >= 4 is 18.0 Å². The van der Waals surface area contributed by atoms with Gasteiger partial charge in [0.1, 0.15) is 6.61 Å². The molecule has 0 radical (unpaired) electrons. The van der Waals surface area contributed by atoms with Gasteiger partial charge in [-0.05, 0) is 35.1 Å². The molecule has 3 N–H and O–H groups in total. The fraction of sp³-hybridized carbons (Fsp3) is 0.423. The quantitative estimate of drug-likeness (QED) is 0.462. The molecular formula is C26H30N2O6. The van der Waals surface area contributed by atoms with Crippen LogP contribution in [-0.4, -0.2) is 55.0 Å². The van der Waals surface area contributed by atoms with Gasteiger partial charge in [-0.1, -0.05) is 55.0 Å². The molecule has 34 heavy (non-hydrogen) atoms. The van der Waals surface area contributed by atoms with Crippen molar-refractivity contribution in [3.8, 4) is 11.1 Å². The number of nitrogens with one attached hydrogen (secondary N) is 2. The molecule has 1 heterocycles. The Morgan fingerprint density at radius 3 is 2.29 bits per heavy atom. The molecular weight excluding hydrogens is 436 g/mol. The maximum absolute atomic E-state index is 12.2. The first-order valence-electron chi connectivity index (χ1n) is 11.7. The number of fused-ring (bicyclic) bond motifs is 3. The lowest BCUT2D eigenvalue weighted by atomic mass is 9.98. The lowest BCUT2D eigenvalue weighted by molar-refractivity contribution is -0.147. The number of carbonyl (C=O) groups is 3. The van der Waals surface area contributed by atoms with Crippen LogP contribution >= 0.6 is 0 Å². The van der Waals surface area contributed by atoms with Crippen molar-refractivity contribution < 1.29 is 29.0 Å². The number of carboxylic acids is 1. The number of benzene rings is 2. The van der Waals surface area contributed by atoms with Crippen LogP contribution < -0.4 is 10.6 Å². The molecule has 8 heteroatoms. The largest absolute Gasteiger partial charge is 0.479 e. The van der Waals surface area contributed by atoms with Crippen molar-refractivity contribution in [1.29, 1.82) is 0 Å². The van der Waals surface area contributed by atoms with Crippen LogP contribution in [0.2, 0.25) is 0 Å². The first-order chi connectivity index (χ1) is 16.5. The summed E-state index contributed by atoms with van der Waals surface area (Å²) in [7, 11) is 0. The number of rotatable bonds is 10.